The van der Waals surface area contributed by atoms with Crippen molar-refractivity contribution in [3.05, 3.63) is 76.6 Å². The van der Waals surface area contributed by atoms with Gasteiger partial charge in [-0.1, -0.05) is 61.8 Å². The number of nitrogens with two attached hydrogens (primary N) is 3. The average molecular weight is 434 g/mol. The molecule has 1 aliphatic rings. The zero-order valence-electron chi connectivity index (χ0n) is 17.7. The Bertz CT molecular complexity index is 1000. The van der Waals surface area contributed by atoms with Crippen molar-refractivity contribution in [2.24, 2.45) is 11.5 Å². The maximum atomic E-state index is 8.57. The fourth-order valence-corrected chi connectivity index (χ4v) is 4.14. The highest BCUT2D eigenvalue weighted by Gasteiger charge is 2.13. The van der Waals surface area contributed by atoms with E-state index in [2.05, 4.69) is 17.4 Å². The van der Waals surface area contributed by atoms with Crippen molar-refractivity contribution in [1.29, 1.82) is 5.41 Å². The van der Waals surface area contributed by atoms with Gasteiger partial charge in [-0.15, -0.1) is 0 Å². The van der Waals surface area contributed by atoms with E-state index in [4.69, 9.17) is 34.8 Å². The van der Waals surface area contributed by atoms with E-state index in [1.807, 2.05) is 24.3 Å². The molecule has 1 aliphatic carbocycles. The van der Waals surface area contributed by atoms with Crippen molar-refractivity contribution in [3.63, 3.8) is 0 Å². The zero-order chi connectivity index (χ0) is 22.2. The van der Waals surface area contributed by atoms with E-state index in [0.717, 1.165) is 17.7 Å². The highest BCUT2D eigenvalue weighted by Crippen LogP contribution is 2.22. The molecule has 162 valence electrons. The number of hydrogen-bond donors (Lipinski definition) is 5. The summed E-state index contributed by atoms with van der Waals surface area (Å²) in [5.74, 6) is 0. The molecule has 0 bridgehead atoms. The number of rotatable bonds is 8. The van der Waals surface area contributed by atoms with E-state index in [9.17, 15) is 0 Å². The molecule has 31 heavy (non-hydrogen) atoms. The number of nitrogens with one attached hydrogen (secondary N) is 2. The lowest BCUT2D eigenvalue weighted by atomic mass is 9.95. The fraction of sp³-hybridized carbons (Fsp3) is 0.280. The van der Waals surface area contributed by atoms with Crippen LogP contribution in [0.3, 0.4) is 0 Å². The maximum Gasteiger partial charge on any atom is 0.0862 e. The summed E-state index contributed by atoms with van der Waals surface area (Å²) in [6.07, 6.45) is 9.76. The Balaban J connectivity index is 1.75. The molecule has 0 heterocycles. The van der Waals surface area contributed by atoms with Gasteiger partial charge in [0, 0.05) is 41.0 Å². The molecule has 2 aromatic rings. The molecule has 0 aromatic heterocycles. The molecule has 8 N–H and O–H groups in total. The van der Waals surface area contributed by atoms with Gasteiger partial charge in [0.1, 0.15) is 0 Å². The first kappa shape index (κ1) is 22.7. The summed E-state index contributed by atoms with van der Waals surface area (Å²) < 4.78 is 0. The SMILES string of the molecule is N=C(/C(N)=C/c1cccc(CNC2CCCCC2)c1)c1cc(C(C=S)=CN)ccc1N. The van der Waals surface area contributed by atoms with E-state index < -0.39 is 0 Å². The van der Waals surface area contributed by atoms with Gasteiger partial charge in [-0.3, -0.25) is 5.41 Å². The van der Waals surface area contributed by atoms with Crippen LogP contribution >= 0.6 is 12.2 Å². The topological polar surface area (TPSA) is 114 Å². The first-order valence-electron chi connectivity index (χ1n) is 10.7. The van der Waals surface area contributed by atoms with Crippen molar-refractivity contribution in [2.45, 2.75) is 44.7 Å². The third-order valence-electron chi connectivity index (χ3n) is 5.72. The van der Waals surface area contributed by atoms with Crippen LogP contribution in [0, 0.1) is 5.41 Å². The molecule has 0 radical (unpaired) electrons. The smallest absolute Gasteiger partial charge is 0.0862 e. The Morgan fingerprint density at radius 1 is 1.13 bits per heavy atom. The first-order chi connectivity index (χ1) is 15.0. The predicted molar refractivity (Wildman–Crippen MR) is 136 cm³/mol. The summed E-state index contributed by atoms with van der Waals surface area (Å²) in [4.78, 5) is 0. The largest absolute Gasteiger partial charge is 0.404 e. The lowest BCUT2D eigenvalue weighted by Crippen LogP contribution is -2.30. The number of thiocarbonyl (C=S) groups is 1. The second-order valence-corrected chi connectivity index (χ2v) is 8.21. The quantitative estimate of drug-likeness (QED) is 0.184. The molecular formula is C25H31N5S. The molecule has 3 rings (SSSR count). The van der Waals surface area contributed by atoms with E-state index in [-0.39, 0.29) is 5.71 Å². The molecule has 6 heteroatoms. The normalized spacial score (nSPS) is 15.6. The van der Waals surface area contributed by atoms with Crippen LogP contribution in [0.5, 0.6) is 0 Å². The van der Waals surface area contributed by atoms with Gasteiger partial charge >= 0.3 is 0 Å². The van der Waals surface area contributed by atoms with Gasteiger partial charge in [-0.2, -0.15) is 0 Å². The van der Waals surface area contributed by atoms with Crippen LogP contribution in [0.1, 0.15) is 54.4 Å². The van der Waals surface area contributed by atoms with Crippen molar-refractivity contribution in [2.75, 3.05) is 5.73 Å². The minimum Gasteiger partial charge on any atom is -0.404 e. The van der Waals surface area contributed by atoms with E-state index >= 15 is 0 Å². The fourth-order valence-electron chi connectivity index (χ4n) is 3.92. The molecule has 2 aromatic carbocycles. The molecule has 5 nitrogen and oxygen atoms in total. The van der Waals surface area contributed by atoms with E-state index in [0.29, 0.717) is 28.6 Å². The van der Waals surface area contributed by atoms with Gasteiger partial charge < -0.3 is 22.5 Å². The summed E-state index contributed by atoms with van der Waals surface area (Å²) in [7, 11) is 0. The van der Waals surface area contributed by atoms with Gasteiger partial charge in [0.05, 0.1) is 11.4 Å². The highest BCUT2D eigenvalue weighted by atomic mass is 32.1. The number of allylic oxidation sites excluding steroid dienone is 2. The van der Waals surface area contributed by atoms with Gasteiger partial charge in [0.2, 0.25) is 0 Å². The monoisotopic (exact) mass is 433 g/mol. The molecule has 0 spiro atoms. The molecule has 0 saturated heterocycles. The van der Waals surface area contributed by atoms with Gasteiger partial charge in [-0.25, -0.2) is 0 Å². The van der Waals surface area contributed by atoms with Crippen LogP contribution in [0.15, 0.2) is 54.4 Å². The van der Waals surface area contributed by atoms with Gasteiger partial charge in [0.15, 0.2) is 0 Å². The molecule has 0 unspecified atom stereocenters. The second-order valence-electron chi connectivity index (χ2n) is 7.98. The Kier molecular flexibility index (Phi) is 7.98. The second kappa shape index (κ2) is 10.9. The van der Waals surface area contributed by atoms with Crippen LogP contribution in [0.4, 0.5) is 5.69 Å². The van der Waals surface area contributed by atoms with Crippen molar-refractivity contribution < 1.29 is 0 Å². The predicted octanol–water partition coefficient (Wildman–Crippen LogP) is 4.36. The number of benzene rings is 2. The Morgan fingerprint density at radius 3 is 2.61 bits per heavy atom. The van der Waals surface area contributed by atoms with E-state index in [1.54, 1.807) is 12.1 Å². The lowest BCUT2D eigenvalue weighted by Gasteiger charge is -2.22. The minimum atomic E-state index is 0.172. The third kappa shape index (κ3) is 6.03. The maximum absolute atomic E-state index is 8.57. The number of anilines is 1. The molecule has 1 fully saturated rings. The van der Waals surface area contributed by atoms with Crippen LogP contribution in [0.25, 0.3) is 11.6 Å². The zero-order valence-corrected chi connectivity index (χ0v) is 18.6. The van der Waals surface area contributed by atoms with Crippen LogP contribution in [0.2, 0.25) is 0 Å². The number of nitrogen functional groups attached to an aromatic ring is 1. The first-order valence-corrected chi connectivity index (χ1v) is 11.1. The third-order valence-corrected chi connectivity index (χ3v) is 5.98. The Morgan fingerprint density at radius 2 is 1.90 bits per heavy atom. The molecular weight excluding hydrogens is 402 g/mol. The molecule has 0 atom stereocenters. The Labute approximate surface area is 189 Å². The summed E-state index contributed by atoms with van der Waals surface area (Å²) in [6.45, 7) is 0.838. The lowest BCUT2D eigenvalue weighted by molar-refractivity contribution is 0.372. The van der Waals surface area contributed by atoms with Crippen LogP contribution in [-0.2, 0) is 6.54 Å². The van der Waals surface area contributed by atoms with Gasteiger partial charge in [0.25, 0.3) is 0 Å². The van der Waals surface area contributed by atoms with Crippen molar-refractivity contribution in [1.82, 2.24) is 5.32 Å². The summed E-state index contributed by atoms with van der Waals surface area (Å²) >= 11 is 5.01. The van der Waals surface area contributed by atoms with Crippen LogP contribution < -0.4 is 22.5 Å². The minimum absolute atomic E-state index is 0.172. The number of hydrogen-bond acceptors (Lipinski definition) is 6. The van der Waals surface area contributed by atoms with Crippen LogP contribution in [-0.4, -0.2) is 17.1 Å². The van der Waals surface area contributed by atoms with Gasteiger partial charge in [-0.05, 0) is 47.7 Å². The summed E-state index contributed by atoms with van der Waals surface area (Å²) in [5.41, 5.74) is 23.3. The molecule has 0 amide bonds. The van der Waals surface area contributed by atoms with Crippen molar-refractivity contribution in [3.8, 4) is 0 Å². The summed E-state index contributed by atoms with van der Waals surface area (Å²) in [5, 5.41) is 13.7. The average Bonchev–Trinajstić information content (AvgIpc) is 2.80. The summed E-state index contributed by atoms with van der Waals surface area (Å²) in [6, 6.07) is 14.2. The molecule has 0 aliphatic heterocycles. The Hall–Kier alpha value is -2.96. The standard InChI is InChI=1S/C25H31N5S/c26-14-20(16-31)19-9-10-23(27)22(13-19)25(29)24(28)12-17-5-4-6-18(11-17)15-30-21-7-2-1-3-8-21/h4-6,9-14,16,21,29-30H,1-3,7-8,15,26-28H2/b20-14?,24-12-,29-25?. The van der Waals surface area contributed by atoms with Crippen molar-refractivity contribution >= 4 is 40.6 Å². The van der Waals surface area contributed by atoms with E-state index in [1.165, 1.54) is 49.2 Å². The molecule has 1 saturated carbocycles. The highest BCUT2D eigenvalue weighted by molar-refractivity contribution is 7.79.